The van der Waals surface area contributed by atoms with E-state index in [9.17, 15) is 9.90 Å². The second-order valence-corrected chi connectivity index (χ2v) is 7.99. The smallest absolute Gasteiger partial charge is 0.259 e. The number of likely N-dealkylation sites (N-methyl/N-ethyl adjacent to an activating group) is 1. The molecule has 1 N–H and O–H groups in total. The van der Waals surface area contributed by atoms with E-state index >= 15 is 0 Å². The molecule has 1 aliphatic rings. The average molecular weight is 405 g/mol. The summed E-state index contributed by atoms with van der Waals surface area (Å²) in [5.74, 6) is 0.0505. The molecular weight excluding hydrogens is 376 g/mol. The minimum Gasteiger partial charge on any atom is -0.507 e. The van der Waals surface area contributed by atoms with Crippen LogP contribution in [0.25, 0.3) is 0 Å². The fourth-order valence-electron chi connectivity index (χ4n) is 4.17. The Kier molecular flexibility index (Phi) is 5.97. The number of aryl methyl sites for hydroxylation is 1. The van der Waals surface area contributed by atoms with Gasteiger partial charge in [-0.15, -0.1) is 0 Å². The second kappa shape index (κ2) is 8.81. The van der Waals surface area contributed by atoms with E-state index in [1.54, 1.807) is 23.0 Å². The van der Waals surface area contributed by atoms with Crippen LogP contribution in [0.15, 0.2) is 65.7 Å². The molecule has 0 amide bonds. The summed E-state index contributed by atoms with van der Waals surface area (Å²) in [6, 6.07) is 15.2. The van der Waals surface area contributed by atoms with Crippen molar-refractivity contribution >= 4 is 0 Å². The van der Waals surface area contributed by atoms with Gasteiger partial charge in [0.05, 0.1) is 18.2 Å². The van der Waals surface area contributed by atoms with Crippen molar-refractivity contribution in [2.75, 3.05) is 33.2 Å². The monoisotopic (exact) mass is 404 g/mol. The topological polar surface area (TPSA) is 61.6 Å². The molecule has 0 unspecified atom stereocenters. The average Bonchev–Trinajstić information content (AvgIpc) is 2.76. The molecule has 3 heterocycles. The van der Waals surface area contributed by atoms with Gasteiger partial charge < -0.3 is 14.6 Å². The highest BCUT2D eigenvalue weighted by molar-refractivity contribution is 5.40. The molecule has 1 fully saturated rings. The van der Waals surface area contributed by atoms with Crippen LogP contribution in [0, 0.1) is 6.92 Å². The van der Waals surface area contributed by atoms with Gasteiger partial charge in [-0.25, -0.2) is 0 Å². The van der Waals surface area contributed by atoms with E-state index in [1.807, 2.05) is 49.4 Å². The first-order chi connectivity index (χ1) is 14.5. The number of nitrogens with zero attached hydrogens (tertiary/aromatic N) is 4. The Morgan fingerprint density at radius 3 is 2.47 bits per heavy atom. The summed E-state index contributed by atoms with van der Waals surface area (Å²) < 4.78 is 1.75. The van der Waals surface area contributed by atoms with Gasteiger partial charge >= 0.3 is 0 Å². The lowest BCUT2D eigenvalue weighted by Crippen LogP contribution is -2.47. The van der Waals surface area contributed by atoms with Crippen molar-refractivity contribution in [3.05, 3.63) is 93.7 Å². The predicted octanol–water partition coefficient (Wildman–Crippen LogP) is 2.64. The van der Waals surface area contributed by atoms with Crippen LogP contribution >= 0.6 is 0 Å². The quantitative estimate of drug-likeness (QED) is 0.708. The maximum atomic E-state index is 13.7. The molecule has 6 heteroatoms. The number of aromatic nitrogens is 2. The Balaban J connectivity index is 1.82. The van der Waals surface area contributed by atoms with Crippen LogP contribution in [0.1, 0.15) is 28.4 Å². The van der Waals surface area contributed by atoms with E-state index in [2.05, 4.69) is 21.8 Å². The molecule has 0 saturated carbocycles. The van der Waals surface area contributed by atoms with Gasteiger partial charge in [0.15, 0.2) is 0 Å². The summed E-state index contributed by atoms with van der Waals surface area (Å²) >= 11 is 0. The maximum absolute atomic E-state index is 13.7. The molecule has 1 atom stereocenters. The van der Waals surface area contributed by atoms with E-state index in [1.165, 1.54) is 0 Å². The van der Waals surface area contributed by atoms with Crippen LogP contribution in [0.4, 0.5) is 0 Å². The molecule has 1 aliphatic heterocycles. The number of pyridine rings is 2. The van der Waals surface area contributed by atoms with Crippen molar-refractivity contribution < 1.29 is 5.11 Å². The van der Waals surface area contributed by atoms with Crippen molar-refractivity contribution in [2.24, 2.45) is 0 Å². The number of hydrogen-bond donors (Lipinski definition) is 1. The molecule has 1 saturated heterocycles. The first-order valence-electron chi connectivity index (χ1n) is 10.3. The van der Waals surface area contributed by atoms with Crippen molar-refractivity contribution in [3.63, 3.8) is 0 Å². The van der Waals surface area contributed by atoms with E-state index in [4.69, 9.17) is 0 Å². The third-order valence-electron chi connectivity index (χ3n) is 5.88. The van der Waals surface area contributed by atoms with Crippen LogP contribution < -0.4 is 5.56 Å². The van der Waals surface area contributed by atoms with Gasteiger partial charge in [-0.1, -0.05) is 36.4 Å². The third kappa shape index (κ3) is 4.15. The highest BCUT2D eigenvalue weighted by atomic mass is 16.3. The Labute approximate surface area is 177 Å². The van der Waals surface area contributed by atoms with Crippen molar-refractivity contribution in [1.29, 1.82) is 0 Å². The zero-order valence-corrected chi connectivity index (χ0v) is 17.5. The first-order valence-corrected chi connectivity index (χ1v) is 10.3. The van der Waals surface area contributed by atoms with Crippen molar-refractivity contribution in [2.45, 2.75) is 19.5 Å². The molecule has 4 rings (SSSR count). The summed E-state index contributed by atoms with van der Waals surface area (Å²) in [6.45, 7) is 5.82. The SMILES string of the molecule is Cc1cc(O)c([C@H](c2cccnc2)N2CCN(C)CC2)c(=O)n1Cc1ccccc1. The number of rotatable bonds is 5. The molecule has 156 valence electrons. The van der Waals surface area contributed by atoms with Gasteiger partial charge in [0.2, 0.25) is 0 Å². The Bertz CT molecular complexity index is 1040. The summed E-state index contributed by atoms with van der Waals surface area (Å²) in [7, 11) is 2.10. The summed E-state index contributed by atoms with van der Waals surface area (Å²) in [4.78, 5) is 22.5. The Morgan fingerprint density at radius 2 is 1.80 bits per heavy atom. The normalized spacial score (nSPS) is 16.5. The highest BCUT2D eigenvalue weighted by Crippen LogP contribution is 2.32. The molecule has 0 aliphatic carbocycles. The molecule has 1 aromatic carbocycles. The molecular formula is C24H28N4O2. The fourth-order valence-corrected chi connectivity index (χ4v) is 4.17. The molecule has 2 aromatic heterocycles. The van der Waals surface area contributed by atoms with E-state index in [0.29, 0.717) is 12.1 Å². The maximum Gasteiger partial charge on any atom is 0.259 e. The van der Waals surface area contributed by atoms with Gasteiger partial charge in [0, 0.05) is 44.3 Å². The Hall–Kier alpha value is -2.96. The number of piperazine rings is 1. The largest absolute Gasteiger partial charge is 0.507 e. The second-order valence-electron chi connectivity index (χ2n) is 7.99. The van der Waals surface area contributed by atoms with Crippen molar-refractivity contribution in [1.82, 2.24) is 19.4 Å². The van der Waals surface area contributed by atoms with Crippen LogP contribution in [-0.2, 0) is 6.54 Å². The standard InChI is InChI=1S/C24H28N4O2/c1-18-15-21(29)22(24(30)28(18)17-19-7-4-3-5-8-19)23(20-9-6-10-25-16-20)27-13-11-26(2)12-14-27/h3-10,15-16,23,29H,11-14,17H2,1-2H3/t23-/m0/s1. The molecule has 0 radical (unpaired) electrons. The summed E-state index contributed by atoms with van der Waals surface area (Å²) in [5.41, 5.74) is 2.99. The first kappa shape index (κ1) is 20.3. The lowest BCUT2D eigenvalue weighted by Gasteiger charge is -2.38. The zero-order chi connectivity index (χ0) is 21.1. The van der Waals surface area contributed by atoms with Gasteiger partial charge in [-0.2, -0.15) is 0 Å². The van der Waals surface area contributed by atoms with Crippen molar-refractivity contribution in [3.8, 4) is 5.75 Å². The van der Waals surface area contributed by atoms with Crippen LogP contribution in [0.2, 0.25) is 0 Å². The van der Waals surface area contributed by atoms with Crippen LogP contribution in [-0.4, -0.2) is 57.7 Å². The Morgan fingerprint density at radius 1 is 1.07 bits per heavy atom. The number of aromatic hydroxyl groups is 1. The molecule has 0 spiro atoms. The van der Waals surface area contributed by atoms with Crippen LogP contribution in [0.3, 0.4) is 0 Å². The van der Waals surface area contributed by atoms with E-state index < -0.39 is 0 Å². The van der Waals surface area contributed by atoms with Gasteiger partial charge in [0.25, 0.3) is 5.56 Å². The summed E-state index contributed by atoms with van der Waals surface area (Å²) in [6.07, 6.45) is 3.52. The molecule has 3 aromatic rings. The molecule has 6 nitrogen and oxygen atoms in total. The fraction of sp³-hybridized carbons (Fsp3) is 0.333. The zero-order valence-electron chi connectivity index (χ0n) is 17.5. The summed E-state index contributed by atoms with van der Waals surface area (Å²) in [5, 5.41) is 10.9. The lowest BCUT2D eigenvalue weighted by molar-refractivity contribution is 0.125. The van der Waals surface area contributed by atoms with Crippen LogP contribution in [0.5, 0.6) is 5.75 Å². The third-order valence-corrected chi connectivity index (χ3v) is 5.88. The highest BCUT2D eigenvalue weighted by Gasteiger charge is 2.31. The molecule has 30 heavy (non-hydrogen) atoms. The van der Waals surface area contributed by atoms with E-state index in [0.717, 1.165) is 43.0 Å². The minimum atomic E-state index is -0.331. The predicted molar refractivity (Wildman–Crippen MR) is 118 cm³/mol. The lowest BCUT2D eigenvalue weighted by atomic mass is 9.97. The van der Waals surface area contributed by atoms with Gasteiger partial charge in [-0.3, -0.25) is 14.7 Å². The number of benzene rings is 1. The number of hydrogen-bond acceptors (Lipinski definition) is 5. The van der Waals surface area contributed by atoms with Gasteiger partial charge in [0.1, 0.15) is 5.75 Å². The van der Waals surface area contributed by atoms with E-state index in [-0.39, 0.29) is 17.4 Å². The molecule has 0 bridgehead atoms. The minimum absolute atomic E-state index is 0.0505. The van der Waals surface area contributed by atoms with Gasteiger partial charge in [-0.05, 0) is 37.2 Å².